The monoisotopic (exact) mass is 502 g/mol. The lowest BCUT2D eigenvalue weighted by atomic mass is 9.84. The van der Waals surface area contributed by atoms with Gasteiger partial charge in [-0.25, -0.2) is 4.98 Å². The van der Waals surface area contributed by atoms with E-state index in [0.29, 0.717) is 17.5 Å². The van der Waals surface area contributed by atoms with Crippen LogP contribution in [0.1, 0.15) is 62.1 Å². The summed E-state index contributed by atoms with van der Waals surface area (Å²) in [6, 6.07) is 18.9. The number of carbonyl (C=O) groups excluding carboxylic acids is 2. The summed E-state index contributed by atoms with van der Waals surface area (Å²) >= 11 is 1.46. The van der Waals surface area contributed by atoms with Gasteiger partial charge in [0.25, 0.3) is 0 Å². The van der Waals surface area contributed by atoms with Gasteiger partial charge in [-0.2, -0.15) is 0 Å². The molecule has 0 unspecified atom stereocenters. The molecule has 3 N–H and O–H groups in total. The molecule has 1 aromatic heterocycles. The third kappa shape index (κ3) is 6.20. The van der Waals surface area contributed by atoms with Crippen LogP contribution >= 0.6 is 11.3 Å². The molecule has 2 fully saturated rings. The van der Waals surface area contributed by atoms with Crippen LogP contribution in [-0.4, -0.2) is 28.9 Å². The van der Waals surface area contributed by atoms with Gasteiger partial charge in [-0.1, -0.05) is 60.2 Å². The van der Waals surface area contributed by atoms with Crippen molar-refractivity contribution in [3.05, 3.63) is 71.1 Å². The Morgan fingerprint density at radius 3 is 2.47 bits per heavy atom. The highest BCUT2D eigenvalue weighted by Gasteiger charge is 2.32. The molecule has 36 heavy (non-hydrogen) atoms. The second-order valence-corrected chi connectivity index (χ2v) is 11.0. The molecule has 1 aliphatic carbocycles. The minimum absolute atomic E-state index is 0.0226. The maximum atomic E-state index is 12.8. The lowest BCUT2D eigenvalue weighted by Crippen LogP contribution is -2.46. The van der Waals surface area contributed by atoms with E-state index in [-0.39, 0.29) is 29.9 Å². The summed E-state index contributed by atoms with van der Waals surface area (Å²) < 4.78 is 0. The van der Waals surface area contributed by atoms with Gasteiger partial charge in [-0.15, -0.1) is 11.3 Å². The summed E-state index contributed by atoms with van der Waals surface area (Å²) in [6.07, 6.45) is 6.10. The van der Waals surface area contributed by atoms with Gasteiger partial charge in [-0.05, 0) is 56.9 Å². The van der Waals surface area contributed by atoms with Crippen LogP contribution in [0.25, 0.3) is 11.3 Å². The van der Waals surface area contributed by atoms with Crippen LogP contribution in [0.2, 0.25) is 0 Å². The molecule has 2 aliphatic rings. The third-order valence-electron chi connectivity index (χ3n) is 7.43. The van der Waals surface area contributed by atoms with Crippen LogP contribution in [0.5, 0.6) is 0 Å². The molecule has 2 heterocycles. The van der Waals surface area contributed by atoms with Gasteiger partial charge in [0.15, 0.2) is 5.13 Å². The molecule has 0 spiro atoms. The summed E-state index contributed by atoms with van der Waals surface area (Å²) in [5.41, 5.74) is 4.40. The second kappa shape index (κ2) is 11.4. The highest BCUT2D eigenvalue weighted by Crippen LogP contribution is 2.30. The molecular formula is C29H34N4O2S. The summed E-state index contributed by atoms with van der Waals surface area (Å²) in [5, 5.41) is 12.4. The Morgan fingerprint density at radius 1 is 0.972 bits per heavy atom. The Morgan fingerprint density at radius 2 is 1.72 bits per heavy atom. The van der Waals surface area contributed by atoms with Gasteiger partial charge < -0.3 is 10.6 Å². The number of thiazole rings is 1. The number of carbonyl (C=O) groups is 2. The topological polar surface area (TPSA) is 83.1 Å². The van der Waals surface area contributed by atoms with Crippen LogP contribution in [-0.2, 0) is 9.59 Å². The fourth-order valence-corrected chi connectivity index (χ4v) is 6.07. The predicted molar refractivity (Wildman–Crippen MR) is 145 cm³/mol. The summed E-state index contributed by atoms with van der Waals surface area (Å²) in [5.74, 6) is 0.485. The zero-order valence-electron chi connectivity index (χ0n) is 20.7. The highest BCUT2D eigenvalue weighted by molar-refractivity contribution is 7.14. The van der Waals surface area contributed by atoms with E-state index in [1.54, 1.807) is 0 Å². The number of aromatic nitrogens is 1. The van der Waals surface area contributed by atoms with Crippen LogP contribution in [0.4, 0.5) is 5.13 Å². The number of rotatable bonds is 7. The highest BCUT2D eigenvalue weighted by atomic mass is 32.1. The molecule has 6 nitrogen and oxygen atoms in total. The van der Waals surface area contributed by atoms with Gasteiger partial charge in [0, 0.05) is 29.4 Å². The van der Waals surface area contributed by atoms with Gasteiger partial charge >= 0.3 is 0 Å². The minimum atomic E-state index is -0.123. The molecule has 0 bridgehead atoms. The molecule has 0 radical (unpaired) electrons. The van der Waals surface area contributed by atoms with Crippen molar-refractivity contribution in [1.29, 1.82) is 0 Å². The zero-order chi connectivity index (χ0) is 24.9. The van der Waals surface area contributed by atoms with E-state index < -0.39 is 0 Å². The second-order valence-electron chi connectivity index (χ2n) is 10.1. The number of hydrogen-bond acceptors (Lipinski definition) is 5. The van der Waals surface area contributed by atoms with E-state index in [1.807, 2.05) is 23.6 Å². The van der Waals surface area contributed by atoms with Crippen molar-refractivity contribution in [2.24, 2.45) is 5.92 Å². The number of aryl methyl sites for hydroxylation is 1. The van der Waals surface area contributed by atoms with Crippen LogP contribution in [0, 0.1) is 12.8 Å². The van der Waals surface area contributed by atoms with Crippen LogP contribution < -0.4 is 16.0 Å². The summed E-state index contributed by atoms with van der Waals surface area (Å²) in [6.45, 7) is 2.06. The van der Waals surface area contributed by atoms with Crippen molar-refractivity contribution in [3.63, 3.8) is 0 Å². The Labute approximate surface area is 216 Å². The molecule has 1 saturated heterocycles. The van der Waals surface area contributed by atoms with E-state index in [4.69, 9.17) is 0 Å². The van der Waals surface area contributed by atoms with Crippen molar-refractivity contribution < 1.29 is 9.59 Å². The number of anilines is 1. The number of nitrogens with one attached hydrogen (secondary N) is 3. The molecule has 1 saturated carbocycles. The number of nitrogens with zero attached hydrogens (tertiary/aromatic N) is 1. The van der Waals surface area contributed by atoms with E-state index in [2.05, 4.69) is 64.3 Å². The van der Waals surface area contributed by atoms with Crippen molar-refractivity contribution in [2.75, 3.05) is 5.32 Å². The average molecular weight is 503 g/mol. The minimum Gasteiger partial charge on any atom is -0.352 e. The molecule has 1 aliphatic heterocycles. The first-order chi connectivity index (χ1) is 17.5. The number of amides is 2. The summed E-state index contributed by atoms with van der Waals surface area (Å²) in [7, 11) is 0. The van der Waals surface area contributed by atoms with Crippen LogP contribution in [0.15, 0.2) is 60.0 Å². The Bertz CT molecular complexity index is 1170. The van der Waals surface area contributed by atoms with Crippen molar-refractivity contribution in [1.82, 2.24) is 15.6 Å². The van der Waals surface area contributed by atoms with Gasteiger partial charge in [0.2, 0.25) is 11.8 Å². The number of benzene rings is 2. The normalized spacial score (nSPS) is 23.8. The van der Waals surface area contributed by atoms with Crippen molar-refractivity contribution >= 4 is 28.3 Å². The van der Waals surface area contributed by atoms with Crippen molar-refractivity contribution in [2.45, 2.75) is 70.0 Å². The Hall–Kier alpha value is -3.03. The van der Waals surface area contributed by atoms with E-state index >= 15 is 0 Å². The van der Waals surface area contributed by atoms with Gasteiger partial charge in [0.1, 0.15) is 0 Å². The average Bonchev–Trinajstić information content (AvgIpc) is 3.57. The largest absolute Gasteiger partial charge is 0.352 e. The Kier molecular flexibility index (Phi) is 7.78. The molecule has 7 heteroatoms. The van der Waals surface area contributed by atoms with E-state index in [0.717, 1.165) is 49.8 Å². The standard InChI is InChI=1S/C29H34N4O2S/c1-19-7-11-22(12-8-19)26-18-36-29(32-26)33-27(34)17-20-9-13-23(14-10-20)30-28(35)25-16-15-24(31-25)21-5-3-2-4-6-21/h2-8,11-12,18,20,23-25,31H,9-10,13-17H2,1H3,(H,30,35)(H,32,33,34)/t20-,23+,24-,25+/m0/s1. The van der Waals surface area contributed by atoms with E-state index in [9.17, 15) is 9.59 Å². The molecule has 188 valence electrons. The quantitative estimate of drug-likeness (QED) is 0.392. The number of hydrogen-bond donors (Lipinski definition) is 3. The van der Waals surface area contributed by atoms with Crippen LogP contribution in [0.3, 0.4) is 0 Å². The van der Waals surface area contributed by atoms with Gasteiger partial charge in [0.05, 0.1) is 11.7 Å². The molecular weight excluding hydrogens is 468 g/mol. The fourth-order valence-electron chi connectivity index (χ4n) is 5.33. The first kappa shape index (κ1) is 24.7. The molecule has 2 aromatic carbocycles. The molecule has 2 atom stereocenters. The molecule has 5 rings (SSSR count). The van der Waals surface area contributed by atoms with Gasteiger partial charge in [-0.3, -0.25) is 14.9 Å². The third-order valence-corrected chi connectivity index (χ3v) is 8.19. The maximum absolute atomic E-state index is 12.8. The lowest BCUT2D eigenvalue weighted by Gasteiger charge is -2.29. The zero-order valence-corrected chi connectivity index (χ0v) is 21.5. The fraction of sp³-hybridized carbons (Fsp3) is 0.414. The Balaban J connectivity index is 1.03. The smallest absolute Gasteiger partial charge is 0.237 e. The first-order valence-electron chi connectivity index (χ1n) is 13.0. The molecule has 3 aromatic rings. The molecule has 2 amide bonds. The maximum Gasteiger partial charge on any atom is 0.237 e. The van der Waals surface area contributed by atoms with Crippen molar-refractivity contribution in [3.8, 4) is 11.3 Å². The lowest BCUT2D eigenvalue weighted by molar-refractivity contribution is -0.124. The first-order valence-corrected chi connectivity index (χ1v) is 13.9. The summed E-state index contributed by atoms with van der Waals surface area (Å²) in [4.78, 5) is 30.0. The van der Waals surface area contributed by atoms with E-state index in [1.165, 1.54) is 22.5 Å². The predicted octanol–water partition coefficient (Wildman–Crippen LogP) is 5.62. The SMILES string of the molecule is Cc1ccc(-c2csc(NC(=O)C[C@H]3CC[C@@H](NC(=O)[C@H]4CC[C@@H](c5ccccc5)N4)CC3)n2)cc1.